The topological polar surface area (TPSA) is 26.3 Å². The number of hydrogen-bond donors (Lipinski definition) is 0. The third-order valence-electron chi connectivity index (χ3n) is 3.85. The van der Waals surface area contributed by atoms with E-state index in [9.17, 15) is 4.79 Å². The predicted molar refractivity (Wildman–Crippen MR) is 68.2 cm³/mol. The molecule has 0 aromatic heterocycles. The van der Waals surface area contributed by atoms with Gasteiger partial charge in [0.25, 0.3) is 0 Å². The van der Waals surface area contributed by atoms with Crippen LogP contribution in [0.25, 0.3) is 0 Å². The molecule has 2 nitrogen and oxygen atoms in total. The Morgan fingerprint density at radius 3 is 2.65 bits per heavy atom. The average molecular weight is 232 g/mol. The molecule has 1 atom stereocenters. The summed E-state index contributed by atoms with van der Waals surface area (Å²) >= 11 is 0. The molecule has 1 aliphatic rings. The lowest BCUT2D eigenvalue weighted by Crippen LogP contribution is -2.03. The van der Waals surface area contributed by atoms with Gasteiger partial charge in [0.1, 0.15) is 0 Å². The van der Waals surface area contributed by atoms with Crippen LogP contribution in [0.4, 0.5) is 0 Å². The fourth-order valence-corrected chi connectivity index (χ4v) is 2.62. The molecule has 0 saturated carbocycles. The highest BCUT2D eigenvalue weighted by Gasteiger charge is 2.16. The molecule has 2 heteroatoms. The number of methoxy groups -OCH3 is 1. The summed E-state index contributed by atoms with van der Waals surface area (Å²) in [5, 5.41) is 0. The number of carbonyl (C=O) groups is 1. The molecule has 1 aromatic rings. The van der Waals surface area contributed by atoms with E-state index in [1.807, 2.05) is 12.1 Å². The maximum atomic E-state index is 11.5. The van der Waals surface area contributed by atoms with Crippen molar-refractivity contribution in [1.29, 1.82) is 0 Å². The predicted octanol–water partition coefficient (Wildman–Crippen LogP) is 3.38. The van der Waals surface area contributed by atoms with Gasteiger partial charge in [-0.2, -0.15) is 0 Å². The summed E-state index contributed by atoms with van der Waals surface area (Å²) in [5.41, 5.74) is 3.43. The summed E-state index contributed by atoms with van der Waals surface area (Å²) in [4.78, 5) is 11.5. The van der Waals surface area contributed by atoms with E-state index in [0.717, 1.165) is 18.8 Å². The number of fused-ring (bicyclic) bond motifs is 1. The van der Waals surface area contributed by atoms with Crippen LogP contribution >= 0.6 is 0 Å². The monoisotopic (exact) mass is 232 g/mol. The molecule has 0 spiro atoms. The molecule has 0 bridgehead atoms. The van der Waals surface area contributed by atoms with E-state index < -0.39 is 0 Å². The Labute approximate surface area is 103 Å². The first-order valence-electron chi connectivity index (χ1n) is 6.44. The van der Waals surface area contributed by atoms with Gasteiger partial charge in [-0.15, -0.1) is 0 Å². The van der Waals surface area contributed by atoms with Crippen LogP contribution in [0.1, 0.15) is 47.7 Å². The van der Waals surface area contributed by atoms with Crippen LogP contribution in [0.5, 0.6) is 0 Å². The number of rotatable bonds is 2. The van der Waals surface area contributed by atoms with Crippen molar-refractivity contribution in [2.24, 2.45) is 5.92 Å². The molecule has 1 unspecified atom stereocenters. The summed E-state index contributed by atoms with van der Waals surface area (Å²) in [6, 6.07) is 6.00. The standard InChI is InChI=1S/C15H20O2/c1-3-11-4-6-12-8-9-14(15(16)17-2)10-13(12)7-5-11/h8-11H,3-7H2,1-2H3. The number of ether oxygens (including phenoxy) is 1. The van der Waals surface area contributed by atoms with Gasteiger partial charge in [0.2, 0.25) is 0 Å². The van der Waals surface area contributed by atoms with Crippen molar-refractivity contribution in [3.63, 3.8) is 0 Å². The Bertz CT molecular complexity index is 409. The molecule has 0 heterocycles. The van der Waals surface area contributed by atoms with Gasteiger partial charge < -0.3 is 4.74 Å². The molecule has 17 heavy (non-hydrogen) atoms. The van der Waals surface area contributed by atoms with Crippen LogP contribution in [-0.2, 0) is 17.6 Å². The Morgan fingerprint density at radius 2 is 2.00 bits per heavy atom. The van der Waals surface area contributed by atoms with E-state index >= 15 is 0 Å². The summed E-state index contributed by atoms with van der Waals surface area (Å²) in [7, 11) is 1.43. The third kappa shape index (κ3) is 2.68. The number of aryl methyl sites for hydroxylation is 2. The second-order valence-corrected chi connectivity index (χ2v) is 4.83. The van der Waals surface area contributed by atoms with Gasteiger partial charge in [0.05, 0.1) is 12.7 Å². The number of esters is 1. The molecule has 0 N–H and O–H groups in total. The zero-order valence-corrected chi connectivity index (χ0v) is 10.7. The fourth-order valence-electron chi connectivity index (χ4n) is 2.62. The van der Waals surface area contributed by atoms with Gasteiger partial charge in [-0.25, -0.2) is 4.79 Å². The second-order valence-electron chi connectivity index (χ2n) is 4.83. The maximum Gasteiger partial charge on any atom is 0.337 e. The Morgan fingerprint density at radius 1 is 1.29 bits per heavy atom. The van der Waals surface area contributed by atoms with E-state index in [1.165, 1.54) is 37.5 Å². The number of carbonyl (C=O) groups excluding carboxylic acids is 1. The minimum Gasteiger partial charge on any atom is -0.465 e. The van der Waals surface area contributed by atoms with Gasteiger partial charge in [0, 0.05) is 0 Å². The average Bonchev–Trinajstić information content (AvgIpc) is 2.59. The van der Waals surface area contributed by atoms with Crippen LogP contribution in [0.2, 0.25) is 0 Å². The Hall–Kier alpha value is -1.31. The highest BCUT2D eigenvalue weighted by Crippen LogP contribution is 2.27. The van der Waals surface area contributed by atoms with Crippen LogP contribution in [-0.4, -0.2) is 13.1 Å². The first-order valence-corrected chi connectivity index (χ1v) is 6.44. The Kier molecular flexibility index (Phi) is 3.82. The second kappa shape index (κ2) is 5.35. The molecular weight excluding hydrogens is 212 g/mol. The van der Waals surface area contributed by atoms with E-state index in [1.54, 1.807) is 0 Å². The SMILES string of the molecule is CCC1CCc2ccc(C(=O)OC)cc2CC1. The molecule has 1 aliphatic carbocycles. The van der Waals surface area contributed by atoms with Gasteiger partial charge in [-0.3, -0.25) is 0 Å². The Balaban J connectivity index is 2.22. The van der Waals surface area contributed by atoms with Crippen molar-refractivity contribution in [3.05, 3.63) is 34.9 Å². The van der Waals surface area contributed by atoms with Crippen molar-refractivity contribution >= 4 is 5.97 Å². The molecule has 0 amide bonds. The maximum absolute atomic E-state index is 11.5. The number of hydrogen-bond acceptors (Lipinski definition) is 2. The van der Waals surface area contributed by atoms with Crippen LogP contribution in [0.3, 0.4) is 0 Å². The molecular formula is C15H20O2. The summed E-state index contributed by atoms with van der Waals surface area (Å²) in [6.07, 6.45) is 6.03. The van der Waals surface area contributed by atoms with Crippen molar-refractivity contribution in [2.75, 3.05) is 7.11 Å². The van der Waals surface area contributed by atoms with E-state index in [-0.39, 0.29) is 5.97 Å². The zero-order valence-electron chi connectivity index (χ0n) is 10.7. The zero-order chi connectivity index (χ0) is 12.3. The van der Waals surface area contributed by atoms with Crippen LogP contribution in [0.15, 0.2) is 18.2 Å². The van der Waals surface area contributed by atoms with Crippen molar-refractivity contribution in [2.45, 2.75) is 39.0 Å². The van der Waals surface area contributed by atoms with Crippen LogP contribution in [0, 0.1) is 5.92 Å². The fraction of sp³-hybridized carbons (Fsp3) is 0.533. The van der Waals surface area contributed by atoms with Gasteiger partial charge in [-0.1, -0.05) is 19.4 Å². The smallest absolute Gasteiger partial charge is 0.337 e. The minimum atomic E-state index is -0.232. The van der Waals surface area contributed by atoms with Crippen molar-refractivity contribution in [3.8, 4) is 0 Å². The minimum absolute atomic E-state index is 0.232. The lowest BCUT2D eigenvalue weighted by atomic mass is 9.97. The van der Waals surface area contributed by atoms with Gasteiger partial charge >= 0.3 is 5.97 Å². The molecule has 0 saturated heterocycles. The van der Waals surface area contributed by atoms with Gasteiger partial charge in [0.15, 0.2) is 0 Å². The first kappa shape index (κ1) is 12.2. The first-order chi connectivity index (χ1) is 8.24. The lowest BCUT2D eigenvalue weighted by molar-refractivity contribution is 0.0600. The van der Waals surface area contributed by atoms with E-state index in [2.05, 4.69) is 13.0 Å². The number of benzene rings is 1. The highest BCUT2D eigenvalue weighted by atomic mass is 16.5. The summed E-state index contributed by atoms with van der Waals surface area (Å²) in [6.45, 7) is 2.26. The van der Waals surface area contributed by atoms with Crippen LogP contribution < -0.4 is 0 Å². The largest absolute Gasteiger partial charge is 0.465 e. The molecule has 0 fully saturated rings. The van der Waals surface area contributed by atoms with E-state index in [0.29, 0.717) is 5.56 Å². The summed E-state index contributed by atoms with van der Waals surface area (Å²) < 4.78 is 4.76. The van der Waals surface area contributed by atoms with Gasteiger partial charge in [-0.05, 0) is 54.9 Å². The highest BCUT2D eigenvalue weighted by molar-refractivity contribution is 5.89. The van der Waals surface area contributed by atoms with E-state index in [4.69, 9.17) is 4.74 Å². The third-order valence-corrected chi connectivity index (χ3v) is 3.85. The summed E-state index contributed by atoms with van der Waals surface area (Å²) in [5.74, 6) is 0.605. The molecule has 2 rings (SSSR count). The molecule has 92 valence electrons. The lowest BCUT2D eigenvalue weighted by Gasteiger charge is -2.08. The molecule has 0 aliphatic heterocycles. The van der Waals surface area contributed by atoms with Crippen molar-refractivity contribution < 1.29 is 9.53 Å². The molecule has 0 radical (unpaired) electrons. The quantitative estimate of drug-likeness (QED) is 0.577. The van der Waals surface area contributed by atoms with Crippen molar-refractivity contribution in [1.82, 2.24) is 0 Å². The molecule has 1 aromatic carbocycles. The normalized spacial score (nSPS) is 19.3.